The molecule has 0 aliphatic carbocycles. The number of carbonyl (C=O) groups excluding carboxylic acids is 1. The Hall–Kier alpha value is -3.60. The van der Waals surface area contributed by atoms with Crippen LogP contribution in [0.15, 0.2) is 70.7 Å². The molecule has 2 aromatic carbocycles. The van der Waals surface area contributed by atoms with Crippen LogP contribution in [0, 0.1) is 0 Å². The number of hydrogen-bond acceptors (Lipinski definition) is 5. The lowest BCUT2D eigenvalue weighted by Crippen LogP contribution is -2.28. The third-order valence-electron chi connectivity index (χ3n) is 5.30. The summed E-state index contributed by atoms with van der Waals surface area (Å²) >= 11 is 1.32. The Morgan fingerprint density at radius 3 is 2.61 bits per heavy atom. The van der Waals surface area contributed by atoms with E-state index in [-0.39, 0.29) is 17.7 Å². The molecule has 0 spiro atoms. The zero-order chi connectivity index (χ0) is 23.2. The number of halogens is 3. The summed E-state index contributed by atoms with van der Waals surface area (Å²) in [5.41, 5.74) is -0.407. The first-order valence-electron chi connectivity index (χ1n) is 9.97. The number of para-hydroxylation sites is 2. The van der Waals surface area contributed by atoms with E-state index in [0.717, 1.165) is 11.8 Å². The summed E-state index contributed by atoms with van der Waals surface area (Å²) in [7, 11) is 0. The number of alkyl halides is 3. The van der Waals surface area contributed by atoms with E-state index in [1.807, 2.05) is 30.3 Å². The number of carbonyl (C=O) groups is 1. The highest BCUT2D eigenvalue weighted by atomic mass is 32.2. The van der Waals surface area contributed by atoms with E-state index in [4.69, 9.17) is 0 Å². The van der Waals surface area contributed by atoms with Gasteiger partial charge in [0.05, 0.1) is 29.2 Å². The van der Waals surface area contributed by atoms with Crippen LogP contribution in [0.3, 0.4) is 0 Å². The third-order valence-corrected chi connectivity index (χ3v) is 6.40. The molecule has 0 fully saturated rings. The summed E-state index contributed by atoms with van der Waals surface area (Å²) in [6, 6.07) is 13.5. The van der Waals surface area contributed by atoms with Crippen LogP contribution in [0.5, 0.6) is 0 Å². The Bertz CT molecular complexity index is 1420. The zero-order valence-electron chi connectivity index (χ0n) is 16.9. The number of thioether (sulfide) groups is 1. The highest BCUT2D eigenvalue weighted by Gasteiger charge is 2.34. The van der Waals surface area contributed by atoms with E-state index in [2.05, 4.69) is 15.4 Å². The number of rotatable bonds is 4. The van der Waals surface area contributed by atoms with E-state index >= 15 is 0 Å². The Balaban J connectivity index is 1.43. The molecule has 33 heavy (non-hydrogen) atoms. The molecule has 7 nitrogen and oxygen atoms in total. The molecule has 1 N–H and O–H groups in total. The van der Waals surface area contributed by atoms with Gasteiger partial charge < -0.3 is 5.32 Å². The van der Waals surface area contributed by atoms with Crippen molar-refractivity contribution in [2.24, 2.45) is 0 Å². The van der Waals surface area contributed by atoms with Crippen LogP contribution >= 0.6 is 11.8 Å². The number of amides is 1. The molecule has 11 heteroatoms. The van der Waals surface area contributed by atoms with Gasteiger partial charge in [0.15, 0.2) is 10.8 Å². The van der Waals surface area contributed by atoms with Crippen molar-refractivity contribution in [3.05, 3.63) is 76.7 Å². The van der Waals surface area contributed by atoms with E-state index in [1.54, 1.807) is 4.68 Å². The van der Waals surface area contributed by atoms with Crippen LogP contribution in [0.2, 0.25) is 0 Å². The van der Waals surface area contributed by atoms with Gasteiger partial charge in [0.25, 0.3) is 5.56 Å². The van der Waals surface area contributed by atoms with Crippen molar-refractivity contribution >= 4 is 34.4 Å². The molecule has 3 heterocycles. The van der Waals surface area contributed by atoms with Crippen molar-refractivity contribution in [1.82, 2.24) is 19.3 Å². The molecular weight excluding hydrogens is 455 g/mol. The van der Waals surface area contributed by atoms with Crippen LogP contribution in [0.25, 0.3) is 16.7 Å². The van der Waals surface area contributed by atoms with Crippen LogP contribution in [-0.2, 0) is 11.0 Å². The first kappa shape index (κ1) is 21.3. The monoisotopic (exact) mass is 471 g/mol. The van der Waals surface area contributed by atoms with E-state index in [1.165, 1.54) is 40.7 Å². The second-order valence-electron chi connectivity index (χ2n) is 7.46. The number of anilines is 1. The summed E-state index contributed by atoms with van der Waals surface area (Å²) in [6.07, 6.45) is -3.32. The van der Waals surface area contributed by atoms with E-state index in [9.17, 15) is 22.8 Å². The largest absolute Gasteiger partial charge is 0.418 e. The number of benzene rings is 2. The third kappa shape index (κ3) is 3.88. The fourth-order valence-corrected chi connectivity index (χ4v) is 4.92. The maximum absolute atomic E-state index is 13.2. The van der Waals surface area contributed by atoms with Crippen molar-refractivity contribution in [1.29, 1.82) is 0 Å². The van der Waals surface area contributed by atoms with E-state index in [0.29, 0.717) is 21.9 Å². The Labute approximate surface area is 189 Å². The first-order valence-corrected chi connectivity index (χ1v) is 11.0. The predicted octanol–water partition coefficient (Wildman–Crippen LogP) is 4.28. The lowest BCUT2D eigenvalue weighted by molar-refractivity contribution is -0.137. The lowest BCUT2D eigenvalue weighted by atomic mass is 10.1. The maximum atomic E-state index is 13.2. The highest BCUT2D eigenvalue weighted by Crippen LogP contribution is 2.36. The summed E-state index contributed by atoms with van der Waals surface area (Å²) < 4.78 is 42.6. The molecule has 1 atom stereocenters. The zero-order valence-corrected chi connectivity index (χ0v) is 17.7. The van der Waals surface area contributed by atoms with Gasteiger partial charge in [-0.05, 0) is 24.3 Å². The first-order chi connectivity index (χ1) is 15.8. The Kier molecular flexibility index (Phi) is 5.20. The molecule has 0 saturated heterocycles. The van der Waals surface area contributed by atoms with Gasteiger partial charge in [-0.1, -0.05) is 42.1 Å². The average Bonchev–Trinajstić information content (AvgIpc) is 3.39. The smallest absolute Gasteiger partial charge is 0.325 e. The van der Waals surface area contributed by atoms with Gasteiger partial charge in [-0.25, -0.2) is 9.67 Å². The number of aromatic nitrogens is 4. The molecule has 1 aliphatic heterocycles. The molecule has 0 saturated carbocycles. The standard InChI is InChI=1S/C22H16F3N5O2S/c23-22(24,25)16-8-4-5-9-17(16)27-18(31)10-14-12-33-21-28-19-15(20(32)29(14)21)11-26-30(19)13-6-2-1-3-7-13/h1-9,11,14H,10,12H2,(H,27,31). The second kappa shape index (κ2) is 8.07. The lowest BCUT2D eigenvalue weighted by Gasteiger charge is -2.16. The molecule has 1 unspecified atom stereocenters. The normalized spacial score (nSPS) is 15.5. The van der Waals surface area contributed by atoms with Crippen molar-refractivity contribution in [3.8, 4) is 5.69 Å². The molecule has 4 aromatic rings. The number of hydrogen-bond donors (Lipinski definition) is 1. The minimum Gasteiger partial charge on any atom is -0.325 e. The highest BCUT2D eigenvalue weighted by molar-refractivity contribution is 7.99. The molecular formula is C22H16F3N5O2S. The minimum absolute atomic E-state index is 0.161. The fourth-order valence-electron chi connectivity index (χ4n) is 3.79. The van der Waals surface area contributed by atoms with Gasteiger partial charge in [-0.3, -0.25) is 14.2 Å². The van der Waals surface area contributed by atoms with Crippen LogP contribution in [-0.4, -0.2) is 31.0 Å². The number of nitrogens with one attached hydrogen (secondary N) is 1. The van der Waals surface area contributed by atoms with Crippen LogP contribution in [0.1, 0.15) is 18.0 Å². The average molecular weight is 471 g/mol. The second-order valence-corrected chi connectivity index (χ2v) is 8.45. The molecule has 2 aromatic heterocycles. The Morgan fingerprint density at radius 1 is 1.12 bits per heavy atom. The molecule has 5 rings (SSSR count). The summed E-state index contributed by atoms with van der Waals surface area (Å²) in [5, 5.41) is 7.37. The van der Waals surface area contributed by atoms with Gasteiger partial charge in [0, 0.05) is 12.2 Å². The quantitative estimate of drug-likeness (QED) is 0.450. The molecule has 0 bridgehead atoms. The molecule has 1 amide bonds. The SMILES string of the molecule is O=C(CC1CSc2nc3c(cnn3-c3ccccc3)c(=O)n21)Nc1ccccc1C(F)(F)F. The predicted molar refractivity (Wildman–Crippen MR) is 118 cm³/mol. The van der Waals surface area contributed by atoms with Gasteiger partial charge in [0.1, 0.15) is 5.39 Å². The topological polar surface area (TPSA) is 81.8 Å². The van der Waals surface area contributed by atoms with Gasteiger partial charge in [0.2, 0.25) is 5.91 Å². The van der Waals surface area contributed by atoms with Crippen molar-refractivity contribution in [2.45, 2.75) is 23.8 Å². The molecule has 0 radical (unpaired) electrons. The van der Waals surface area contributed by atoms with Crippen LogP contribution < -0.4 is 10.9 Å². The summed E-state index contributed by atoms with van der Waals surface area (Å²) in [4.78, 5) is 30.3. The summed E-state index contributed by atoms with van der Waals surface area (Å²) in [6.45, 7) is 0. The minimum atomic E-state index is -4.59. The van der Waals surface area contributed by atoms with Gasteiger partial charge in [-0.15, -0.1) is 0 Å². The van der Waals surface area contributed by atoms with Crippen molar-refractivity contribution in [2.75, 3.05) is 11.1 Å². The van der Waals surface area contributed by atoms with Gasteiger partial charge >= 0.3 is 6.18 Å². The summed E-state index contributed by atoms with van der Waals surface area (Å²) in [5.74, 6) is -0.209. The number of fused-ring (bicyclic) bond motifs is 2. The van der Waals surface area contributed by atoms with Crippen LogP contribution in [0.4, 0.5) is 18.9 Å². The van der Waals surface area contributed by atoms with Gasteiger partial charge in [-0.2, -0.15) is 18.3 Å². The van der Waals surface area contributed by atoms with Crippen molar-refractivity contribution in [3.63, 3.8) is 0 Å². The number of nitrogens with zero attached hydrogens (tertiary/aromatic N) is 4. The molecule has 1 aliphatic rings. The fraction of sp³-hybridized carbons (Fsp3) is 0.182. The maximum Gasteiger partial charge on any atom is 0.418 e. The Morgan fingerprint density at radius 2 is 1.85 bits per heavy atom. The molecule has 168 valence electrons. The van der Waals surface area contributed by atoms with E-state index < -0.39 is 23.7 Å². The van der Waals surface area contributed by atoms with Crippen molar-refractivity contribution < 1.29 is 18.0 Å².